The second kappa shape index (κ2) is 3.25. The lowest BCUT2D eigenvalue weighted by Crippen LogP contribution is -1.66. The average Bonchev–Trinajstić information content (AvgIpc) is 1.91. The molecule has 0 aromatic heterocycles. The van der Waals surface area contributed by atoms with Gasteiger partial charge in [0.05, 0.1) is 10.2 Å². The second-order valence-electron chi connectivity index (χ2n) is 1.74. The summed E-state index contributed by atoms with van der Waals surface area (Å²) in [5, 5.41) is 0. The lowest BCUT2D eigenvalue weighted by molar-refractivity contribution is 1.66. The van der Waals surface area contributed by atoms with Crippen molar-refractivity contribution in [3.63, 3.8) is 0 Å². The molecular weight excluding hydrogens is 124 g/mol. The van der Waals surface area contributed by atoms with Gasteiger partial charge in [0.15, 0.2) is 0 Å². The topological polar surface area (TPSA) is 0 Å². The van der Waals surface area contributed by atoms with Gasteiger partial charge in [-0.05, 0) is 5.56 Å². The number of hydrogen-bond acceptors (Lipinski definition) is 0. The Morgan fingerprint density at radius 1 is 1.11 bits per heavy atom. The fraction of sp³-hybridized carbons (Fsp3) is 0. The first-order valence-corrected chi connectivity index (χ1v) is 3.40. The molecule has 0 atom stereocenters. The molecule has 0 heterocycles. The molecule has 0 saturated carbocycles. The van der Waals surface area contributed by atoms with E-state index in [2.05, 4.69) is 22.4 Å². The van der Waals surface area contributed by atoms with Crippen LogP contribution < -0.4 is 0 Å². The van der Waals surface area contributed by atoms with Crippen molar-refractivity contribution in [1.82, 2.24) is 0 Å². The minimum Gasteiger partial charge on any atom is -0.101 e. The van der Waals surface area contributed by atoms with Crippen molar-refractivity contribution in [2.24, 2.45) is 0 Å². The lowest BCUT2D eigenvalue weighted by Gasteiger charge is -1.86. The van der Waals surface area contributed by atoms with Crippen LogP contribution in [0.2, 0.25) is 0 Å². The second-order valence-corrected chi connectivity index (χ2v) is 2.08. The van der Waals surface area contributed by atoms with E-state index in [0.29, 0.717) is 0 Å². The van der Waals surface area contributed by atoms with Crippen molar-refractivity contribution in [1.29, 1.82) is 0 Å². The van der Waals surface area contributed by atoms with E-state index in [-0.39, 0.29) is 0 Å². The Morgan fingerprint density at radius 3 is 2.33 bits per heavy atom. The molecule has 0 aliphatic rings. The average molecular weight is 131 g/mol. The summed E-state index contributed by atoms with van der Waals surface area (Å²) in [4.78, 5) is 0. The molecule has 9 heavy (non-hydrogen) atoms. The Balaban J connectivity index is 2.85. The first kappa shape index (κ1) is 6.30. The van der Waals surface area contributed by atoms with Crippen LogP contribution in [0.15, 0.2) is 36.0 Å². The van der Waals surface area contributed by atoms with Crippen LogP contribution in [0.5, 0.6) is 0 Å². The fourth-order valence-electron chi connectivity index (χ4n) is 0.660. The van der Waals surface area contributed by atoms with Gasteiger partial charge in [0.25, 0.3) is 0 Å². The smallest absolute Gasteiger partial charge is 0.0601 e. The van der Waals surface area contributed by atoms with Gasteiger partial charge in [-0.1, -0.05) is 36.4 Å². The molecule has 0 nitrogen and oxygen atoms in total. The zero-order valence-electron chi connectivity index (χ0n) is 5.04. The van der Waals surface area contributed by atoms with Gasteiger partial charge < -0.3 is 0 Å². The molecule has 0 aliphatic carbocycles. The Labute approximate surface area is 58.6 Å². The molecule has 0 saturated heterocycles. The van der Waals surface area contributed by atoms with Crippen LogP contribution in [-0.4, -0.2) is 10.2 Å². The Kier molecular flexibility index (Phi) is 2.28. The third-order valence-electron chi connectivity index (χ3n) is 1.08. The van der Waals surface area contributed by atoms with Crippen LogP contribution in [0, 0.1) is 0 Å². The summed E-state index contributed by atoms with van der Waals surface area (Å²) < 4.78 is 0. The quantitative estimate of drug-likeness (QED) is 0.510. The van der Waals surface area contributed by atoms with E-state index in [9.17, 15) is 0 Å². The van der Waals surface area contributed by atoms with Crippen molar-refractivity contribution >= 4 is 16.3 Å². The van der Waals surface area contributed by atoms with Crippen molar-refractivity contribution in [2.45, 2.75) is 0 Å². The summed E-state index contributed by atoms with van der Waals surface area (Å²) in [6.45, 7) is 0. The third-order valence-corrected chi connectivity index (χ3v) is 1.24. The van der Waals surface area contributed by atoms with Gasteiger partial charge >= 0.3 is 0 Å². The van der Waals surface area contributed by atoms with Crippen LogP contribution in [0.25, 0.3) is 6.08 Å². The van der Waals surface area contributed by atoms with Crippen molar-refractivity contribution < 1.29 is 0 Å². The van der Waals surface area contributed by atoms with Crippen LogP contribution in [-0.2, 0) is 0 Å². The lowest BCUT2D eigenvalue weighted by atomic mass is 10.2. The highest BCUT2D eigenvalue weighted by Crippen LogP contribution is 1.98. The molecule has 1 aromatic carbocycles. The molecule has 43 valence electrons. The van der Waals surface area contributed by atoms with E-state index in [1.54, 1.807) is 0 Å². The first-order valence-electron chi connectivity index (χ1n) is 2.82. The summed E-state index contributed by atoms with van der Waals surface area (Å²) in [6.07, 6.45) is 2.00. The Hall–Kier alpha value is -0.823. The standard InChI is InChI=1S/C8H7Si/c9-7-6-8-4-2-1-3-5-8/h1-7H/b7-6-. The molecule has 0 bridgehead atoms. The third kappa shape index (κ3) is 1.86. The molecule has 0 aliphatic heterocycles. The van der Waals surface area contributed by atoms with Crippen LogP contribution in [0.1, 0.15) is 5.56 Å². The maximum atomic E-state index is 3.25. The van der Waals surface area contributed by atoms with Gasteiger partial charge in [0, 0.05) is 0 Å². The molecule has 0 amide bonds. The molecule has 0 spiro atoms. The molecule has 0 N–H and O–H groups in total. The molecule has 1 heteroatoms. The van der Waals surface area contributed by atoms with Gasteiger partial charge in [0.2, 0.25) is 0 Å². The number of hydrogen-bond donors (Lipinski definition) is 0. The van der Waals surface area contributed by atoms with Gasteiger partial charge in [0.1, 0.15) is 0 Å². The highest BCUT2D eigenvalue weighted by Gasteiger charge is 1.77. The van der Waals surface area contributed by atoms with E-state index in [0.717, 1.165) is 0 Å². The molecule has 0 unspecified atom stereocenters. The van der Waals surface area contributed by atoms with E-state index in [4.69, 9.17) is 0 Å². The molecule has 1 aromatic rings. The van der Waals surface area contributed by atoms with Crippen LogP contribution in [0.3, 0.4) is 0 Å². The van der Waals surface area contributed by atoms with E-state index in [1.165, 1.54) is 5.56 Å². The summed E-state index contributed by atoms with van der Waals surface area (Å²) >= 11 is 0. The Morgan fingerprint density at radius 2 is 1.78 bits per heavy atom. The maximum Gasteiger partial charge on any atom is 0.0601 e. The largest absolute Gasteiger partial charge is 0.101 e. The summed E-state index contributed by atoms with van der Waals surface area (Å²) in [6, 6.07) is 10.1. The molecule has 3 radical (unpaired) electrons. The predicted octanol–water partition coefficient (Wildman–Crippen LogP) is 1.83. The first-order chi connectivity index (χ1) is 4.43. The fourth-order valence-corrected chi connectivity index (χ4v) is 0.853. The monoisotopic (exact) mass is 131 g/mol. The van der Waals surface area contributed by atoms with Gasteiger partial charge in [-0.2, -0.15) is 0 Å². The van der Waals surface area contributed by atoms with Gasteiger partial charge in [-0.25, -0.2) is 0 Å². The predicted molar refractivity (Wildman–Crippen MR) is 41.2 cm³/mol. The minimum atomic E-state index is 1.22. The Bertz CT molecular complexity index is 189. The highest BCUT2D eigenvalue weighted by molar-refractivity contribution is 6.19. The number of benzene rings is 1. The molecule has 0 fully saturated rings. The van der Waals surface area contributed by atoms with E-state index < -0.39 is 0 Å². The summed E-state index contributed by atoms with van der Waals surface area (Å²) in [5.41, 5.74) is 3.06. The van der Waals surface area contributed by atoms with Crippen molar-refractivity contribution in [3.05, 3.63) is 41.6 Å². The molecule has 1 rings (SSSR count). The van der Waals surface area contributed by atoms with E-state index in [1.807, 2.05) is 30.0 Å². The van der Waals surface area contributed by atoms with E-state index >= 15 is 0 Å². The summed E-state index contributed by atoms with van der Waals surface area (Å²) in [7, 11) is 3.25. The SMILES string of the molecule is [Si]/C=C\c1ccccc1. The minimum absolute atomic E-state index is 1.22. The van der Waals surface area contributed by atoms with Crippen molar-refractivity contribution in [2.75, 3.05) is 0 Å². The van der Waals surface area contributed by atoms with Crippen molar-refractivity contribution in [3.8, 4) is 0 Å². The van der Waals surface area contributed by atoms with Gasteiger partial charge in [-0.3, -0.25) is 0 Å². The number of rotatable bonds is 1. The summed E-state index contributed by atoms with van der Waals surface area (Å²) in [5.74, 6) is 0. The normalized spacial score (nSPS) is 10.3. The van der Waals surface area contributed by atoms with Gasteiger partial charge in [-0.15, -0.1) is 5.70 Å². The zero-order chi connectivity index (χ0) is 6.53. The highest BCUT2D eigenvalue weighted by atomic mass is 28.1. The van der Waals surface area contributed by atoms with Crippen LogP contribution in [0.4, 0.5) is 0 Å². The zero-order valence-corrected chi connectivity index (χ0v) is 6.04. The van der Waals surface area contributed by atoms with Crippen LogP contribution >= 0.6 is 0 Å². The molecular formula is C8H7Si. The maximum absolute atomic E-state index is 3.25.